The Morgan fingerprint density at radius 2 is 1.89 bits per heavy atom. The highest BCUT2D eigenvalue weighted by atomic mass is 35.5. The Balaban J connectivity index is 1.65. The zero-order valence-corrected chi connectivity index (χ0v) is 20.7. The average molecular weight is 532 g/mol. The number of primary amides is 2. The summed E-state index contributed by atoms with van der Waals surface area (Å²) in [5.74, 6) is -3.71. The summed E-state index contributed by atoms with van der Waals surface area (Å²) in [7, 11) is 0. The molecule has 3 atom stereocenters. The monoisotopic (exact) mass is 531 g/mol. The van der Waals surface area contributed by atoms with E-state index in [1.165, 1.54) is 18.5 Å². The second-order valence-corrected chi connectivity index (χ2v) is 9.43. The van der Waals surface area contributed by atoms with Gasteiger partial charge in [0.1, 0.15) is 28.8 Å². The molecule has 0 spiro atoms. The van der Waals surface area contributed by atoms with Crippen molar-refractivity contribution in [2.75, 3.05) is 5.73 Å². The molecule has 2 heterocycles. The van der Waals surface area contributed by atoms with Crippen LogP contribution in [0.5, 0.6) is 0 Å². The highest BCUT2D eigenvalue weighted by Gasteiger charge is 2.50. The summed E-state index contributed by atoms with van der Waals surface area (Å²) in [4.78, 5) is 40.2. The van der Waals surface area contributed by atoms with Gasteiger partial charge in [-0.3, -0.25) is 9.59 Å². The molecule has 4 aromatic rings. The van der Waals surface area contributed by atoms with Crippen LogP contribution in [0.1, 0.15) is 17.3 Å². The number of amides is 2. The van der Waals surface area contributed by atoms with E-state index in [1.807, 2.05) is 30.3 Å². The van der Waals surface area contributed by atoms with Gasteiger partial charge < -0.3 is 22.2 Å². The number of imidazole rings is 1. The number of nitrogens with two attached hydrogens (primary N) is 3. The third-order valence-corrected chi connectivity index (χ3v) is 6.95. The van der Waals surface area contributed by atoms with Gasteiger partial charge >= 0.3 is 0 Å². The third-order valence-electron chi connectivity index (χ3n) is 6.68. The van der Waals surface area contributed by atoms with Crippen LogP contribution >= 0.6 is 11.6 Å². The van der Waals surface area contributed by atoms with Gasteiger partial charge in [-0.2, -0.15) is 0 Å². The molecular formula is C27H23ClFN7O2. The number of carbonyl (C=O) groups excluding carboxylic acids is 2. The molecule has 2 unspecified atom stereocenters. The Morgan fingerprint density at radius 3 is 2.61 bits per heavy atom. The van der Waals surface area contributed by atoms with Crippen LogP contribution in [0.15, 0.2) is 78.7 Å². The third kappa shape index (κ3) is 4.50. The molecule has 11 heteroatoms. The molecule has 0 bridgehead atoms. The molecule has 38 heavy (non-hydrogen) atoms. The maximum absolute atomic E-state index is 17.2. The molecule has 2 aromatic carbocycles. The second-order valence-electron chi connectivity index (χ2n) is 9.05. The van der Waals surface area contributed by atoms with Gasteiger partial charge in [-0.25, -0.2) is 19.3 Å². The molecule has 1 aliphatic rings. The van der Waals surface area contributed by atoms with Gasteiger partial charge in [0.05, 0.1) is 17.4 Å². The maximum Gasteiger partial charge on any atom is 0.248 e. The molecule has 0 saturated carbocycles. The van der Waals surface area contributed by atoms with Gasteiger partial charge in [0.15, 0.2) is 5.67 Å². The number of fused-ring (bicyclic) bond motifs is 1. The fourth-order valence-corrected chi connectivity index (χ4v) is 5.02. The lowest BCUT2D eigenvalue weighted by atomic mass is 9.71. The number of aromatic amines is 1. The molecule has 5 rings (SSSR count). The van der Waals surface area contributed by atoms with Gasteiger partial charge in [0, 0.05) is 16.5 Å². The molecule has 0 saturated heterocycles. The average Bonchev–Trinajstić information content (AvgIpc) is 3.28. The zero-order valence-electron chi connectivity index (χ0n) is 19.9. The van der Waals surface area contributed by atoms with Crippen LogP contribution in [0.3, 0.4) is 0 Å². The van der Waals surface area contributed by atoms with Crippen LogP contribution in [-0.4, -0.2) is 37.4 Å². The Morgan fingerprint density at radius 1 is 1.13 bits per heavy atom. The topological polar surface area (TPSA) is 167 Å². The number of allylic oxidation sites excluding steroid dienone is 1. The first-order valence-corrected chi connectivity index (χ1v) is 12.0. The van der Waals surface area contributed by atoms with Gasteiger partial charge in [-0.05, 0) is 30.2 Å². The summed E-state index contributed by atoms with van der Waals surface area (Å²) >= 11 is 6.58. The first-order chi connectivity index (χ1) is 18.2. The Bertz CT molecular complexity index is 1620. The van der Waals surface area contributed by atoms with Crippen molar-refractivity contribution in [3.63, 3.8) is 0 Å². The number of anilines is 1. The van der Waals surface area contributed by atoms with E-state index in [0.29, 0.717) is 28.0 Å². The summed E-state index contributed by atoms with van der Waals surface area (Å²) in [6.07, 6.45) is 5.09. The molecule has 1 aliphatic carbocycles. The fraction of sp³-hybridized carbons (Fsp3) is 0.148. The SMILES string of the molecule is NC(=O)C1=CC(F)([C@@H](Cc2ccccc2)c2nc(-c3ccc4c(N)ncnc4c3)c(Cl)[nH]2)C(C(N)=O)C=C1. The summed E-state index contributed by atoms with van der Waals surface area (Å²) in [6.45, 7) is 0. The van der Waals surface area contributed by atoms with Crippen molar-refractivity contribution >= 4 is 40.1 Å². The smallest absolute Gasteiger partial charge is 0.248 e. The zero-order chi connectivity index (χ0) is 27.0. The number of benzene rings is 2. The van der Waals surface area contributed by atoms with Crippen LogP contribution in [0.4, 0.5) is 10.2 Å². The van der Waals surface area contributed by atoms with E-state index in [2.05, 4.69) is 19.9 Å². The molecule has 2 aromatic heterocycles. The van der Waals surface area contributed by atoms with Gasteiger partial charge in [0.25, 0.3) is 0 Å². The fourth-order valence-electron chi connectivity index (χ4n) is 4.77. The van der Waals surface area contributed by atoms with Crippen molar-refractivity contribution < 1.29 is 14.0 Å². The van der Waals surface area contributed by atoms with E-state index in [9.17, 15) is 9.59 Å². The number of nitrogens with one attached hydrogen (secondary N) is 1. The molecule has 9 nitrogen and oxygen atoms in total. The van der Waals surface area contributed by atoms with Crippen molar-refractivity contribution in [3.05, 3.63) is 95.2 Å². The maximum atomic E-state index is 17.2. The Kier molecular flexibility index (Phi) is 6.41. The second kappa shape index (κ2) is 9.71. The minimum absolute atomic E-state index is 0.0762. The van der Waals surface area contributed by atoms with Crippen LogP contribution in [-0.2, 0) is 16.0 Å². The van der Waals surface area contributed by atoms with Crippen LogP contribution in [0, 0.1) is 5.92 Å². The van der Waals surface area contributed by atoms with Crippen molar-refractivity contribution in [2.24, 2.45) is 17.4 Å². The normalized spacial score (nSPS) is 19.7. The van der Waals surface area contributed by atoms with Crippen molar-refractivity contribution in [3.8, 4) is 11.3 Å². The van der Waals surface area contributed by atoms with E-state index >= 15 is 4.39 Å². The lowest BCUT2D eigenvalue weighted by Crippen LogP contribution is -2.47. The van der Waals surface area contributed by atoms with E-state index in [1.54, 1.807) is 18.2 Å². The largest absolute Gasteiger partial charge is 0.383 e. The number of aromatic nitrogens is 4. The van der Waals surface area contributed by atoms with E-state index in [0.717, 1.165) is 11.6 Å². The molecular weight excluding hydrogens is 509 g/mol. The predicted molar refractivity (Wildman–Crippen MR) is 142 cm³/mol. The minimum Gasteiger partial charge on any atom is -0.383 e. The molecule has 0 radical (unpaired) electrons. The van der Waals surface area contributed by atoms with Gasteiger partial charge in [-0.1, -0.05) is 60.2 Å². The van der Waals surface area contributed by atoms with Crippen molar-refractivity contribution in [1.82, 2.24) is 19.9 Å². The minimum atomic E-state index is -2.44. The molecule has 7 N–H and O–H groups in total. The molecule has 0 aliphatic heterocycles. The highest BCUT2D eigenvalue weighted by Crippen LogP contribution is 2.45. The highest BCUT2D eigenvalue weighted by molar-refractivity contribution is 6.32. The molecule has 0 fully saturated rings. The van der Waals surface area contributed by atoms with Crippen molar-refractivity contribution in [2.45, 2.75) is 18.0 Å². The number of nitrogen functional groups attached to an aromatic ring is 1. The lowest BCUT2D eigenvalue weighted by molar-refractivity contribution is -0.124. The van der Waals surface area contributed by atoms with Crippen LogP contribution in [0.2, 0.25) is 5.15 Å². The summed E-state index contributed by atoms with van der Waals surface area (Å²) in [5.41, 5.74) is 16.8. The first kappa shape index (κ1) is 25.1. The number of alkyl halides is 1. The number of carbonyl (C=O) groups is 2. The number of hydrogen-bond acceptors (Lipinski definition) is 6. The van der Waals surface area contributed by atoms with Crippen molar-refractivity contribution in [1.29, 1.82) is 0 Å². The number of H-pyrrole nitrogens is 1. The number of nitrogens with zero attached hydrogens (tertiary/aromatic N) is 3. The van der Waals surface area contributed by atoms with Crippen LogP contribution < -0.4 is 17.2 Å². The van der Waals surface area contributed by atoms with Crippen LogP contribution in [0.25, 0.3) is 22.2 Å². The molecule has 2 amide bonds. The van der Waals surface area contributed by atoms with E-state index in [-0.39, 0.29) is 23.0 Å². The van der Waals surface area contributed by atoms with E-state index in [4.69, 9.17) is 28.8 Å². The number of hydrogen-bond donors (Lipinski definition) is 4. The first-order valence-electron chi connectivity index (χ1n) is 11.7. The van der Waals surface area contributed by atoms with Gasteiger partial charge in [-0.15, -0.1) is 0 Å². The number of halogens is 2. The Labute approximate surface area is 221 Å². The molecule has 192 valence electrons. The predicted octanol–water partition coefficient (Wildman–Crippen LogP) is 3.37. The summed E-state index contributed by atoms with van der Waals surface area (Å²) < 4.78 is 17.2. The summed E-state index contributed by atoms with van der Waals surface area (Å²) in [5, 5.41) is 0.819. The summed E-state index contributed by atoms with van der Waals surface area (Å²) in [6, 6.07) is 14.4. The van der Waals surface area contributed by atoms with E-state index < -0.39 is 29.3 Å². The Hall–Kier alpha value is -4.57. The quantitative estimate of drug-likeness (QED) is 0.285. The lowest BCUT2D eigenvalue weighted by Gasteiger charge is -2.36. The standard InChI is InChI=1S/C27H23ClFN7O2/c28-22-21(15-6-8-17-20(11-15)33-13-34-23(17)30)35-26(36-22)19(10-14-4-2-1-3-5-14)27(29)12-16(24(31)37)7-9-18(27)25(32)38/h1-9,11-13,18-19H,10H2,(H2,31,37)(H2,32,38)(H,35,36)(H2,30,33,34)/t18?,19-,27?/m0/s1. The van der Waals surface area contributed by atoms with Gasteiger partial charge in [0.2, 0.25) is 11.8 Å². The number of rotatable bonds is 7.